The third-order valence-electron chi connectivity index (χ3n) is 7.81. The van der Waals surface area contributed by atoms with Crippen LogP contribution in [0.2, 0.25) is 0 Å². The van der Waals surface area contributed by atoms with Crippen molar-refractivity contribution in [1.29, 1.82) is 0 Å². The van der Waals surface area contributed by atoms with E-state index in [1.54, 1.807) is 6.92 Å². The Morgan fingerprint density at radius 3 is 2.38 bits per heavy atom. The van der Waals surface area contributed by atoms with Crippen molar-refractivity contribution in [3.8, 4) is 17.2 Å². The molecule has 2 aliphatic carbocycles. The Hall–Kier alpha value is -1.64. The number of aromatic hydroxyl groups is 2. The summed E-state index contributed by atoms with van der Waals surface area (Å²) in [6.07, 6.45) is -5.12. The van der Waals surface area contributed by atoms with Gasteiger partial charge in [0.1, 0.15) is 29.5 Å². The average Bonchev–Trinajstić information content (AvgIpc) is 2.96. The van der Waals surface area contributed by atoms with Gasteiger partial charge in [0.25, 0.3) is 0 Å². The van der Waals surface area contributed by atoms with Crippen LogP contribution in [0.4, 0.5) is 0 Å². The zero-order chi connectivity index (χ0) is 30.4. The van der Waals surface area contributed by atoms with E-state index in [9.17, 15) is 39.9 Å². The van der Waals surface area contributed by atoms with Gasteiger partial charge >= 0.3 is 21.8 Å². The molecule has 13 nitrogen and oxygen atoms in total. The van der Waals surface area contributed by atoms with Crippen LogP contribution >= 0.6 is 0 Å². The van der Waals surface area contributed by atoms with E-state index in [2.05, 4.69) is 0 Å². The van der Waals surface area contributed by atoms with Gasteiger partial charge in [-0.05, 0) is 13.0 Å². The number of carbonyl (C=O) groups is 3. The number of hydrogen-bond donors (Lipinski definition) is 6. The third-order valence-corrected chi connectivity index (χ3v) is 7.81. The van der Waals surface area contributed by atoms with Crippen LogP contribution < -0.4 is 10.5 Å². The molecule has 1 saturated heterocycles. The van der Waals surface area contributed by atoms with Gasteiger partial charge in [0.2, 0.25) is 5.78 Å². The molecule has 0 saturated carbocycles. The molecule has 2 aromatic carbocycles. The van der Waals surface area contributed by atoms with E-state index in [1.807, 2.05) is 0 Å². The summed E-state index contributed by atoms with van der Waals surface area (Å²) >= 11 is 0.125. The predicted molar refractivity (Wildman–Crippen MR) is 132 cm³/mol. The quantitative estimate of drug-likeness (QED) is 0.147. The third kappa shape index (κ3) is 5.77. The van der Waals surface area contributed by atoms with Gasteiger partial charge in [0, 0.05) is 81.9 Å². The first-order valence-corrected chi connectivity index (χ1v) is 13.9. The summed E-state index contributed by atoms with van der Waals surface area (Å²) in [4.78, 5) is 39.7. The molecule has 1 fully saturated rings. The van der Waals surface area contributed by atoms with E-state index < -0.39 is 95.7 Å². The van der Waals surface area contributed by atoms with Crippen molar-refractivity contribution in [2.24, 2.45) is 5.73 Å². The van der Waals surface area contributed by atoms with Crippen LogP contribution in [-0.2, 0) is 42.5 Å². The second-order valence-electron chi connectivity index (χ2n) is 10.2. The van der Waals surface area contributed by atoms with E-state index in [4.69, 9.17) is 23.5 Å². The van der Waals surface area contributed by atoms with Crippen molar-refractivity contribution in [2.45, 2.75) is 62.4 Å². The Balaban J connectivity index is 0.00000158. The number of hydrogen-bond acceptors (Lipinski definition) is 13. The van der Waals surface area contributed by atoms with Gasteiger partial charge in [-0.25, -0.2) is 0 Å². The first-order valence-electron chi connectivity index (χ1n) is 12.7. The van der Waals surface area contributed by atoms with Crippen LogP contribution in [0.1, 0.15) is 68.8 Å². The monoisotopic (exact) mass is 781 g/mol. The standard InChI is InChI=1S/C27H29NO11.Gd.O.Zn/c1-10-22(31)13(28)6-17(38-10)39-15-8-27(36,16(30)9-29)7-12-19(15)26(35)21-20(24(12)33)23(32)11-4-3-5-14(37-2)18(11)25(21)34;;;/h3-5,10,13,15,17,22,29,31,33,35-36H,6-9,28H2,1-2H3;;;/t10?,13?,15-,17?,22?,27-;;;/m0.../s1. The Morgan fingerprint density at radius 2 is 1.79 bits per heavy atom. The normalized spacial score (nSPS) is 27.9. The van der Waals surface area contributed by atoms with E-state index >= 15 is 0 Å². The second kappa shape index (κ2) is 13.6. The molecule has 15 heteroatoms. The fourth-order valence-corrected chi connectivity index (χ4v) is 5.75. The molecule has 42 heavy (non-hydrogen) atoms. The number of rotatable bonds is 5. The van der Waals surface area contributed by atoms with Gasteiger partial charge in [0.15, 0.2) is 17.9 Å². The van der Waals surface area contributed by atoms with Gasteiger partial charge in [-0.3, -0.25) is 14.4 Å². The van der Waals surface area contributed by atoms with Gasteiger partial charge in [-0.15, -0.1) is 0 Å². The van der Waals surface area contributed by atoms with Crippen molar-refractivity contribution in [3.63, 3.8) is 0 Å². The SMILES string of the molecule is COc1cccc2c1C(=O)c1c(O)c3c(c(O)c1C2=O)C[C@@](O)(C(=O)CO)C[C@@H]3OC1CC(N)C(O)C(C)O1.[Gd].[O]=[Zn]. The Kier molecular flexibility index (Phi) is 11.2. The minimum absolute atomic E-state index is 0. The number of benzene rings is 2. The van der Waals surface area contributed by atoms with E-state index in [0.717, 1.165) is 0 Å². The van der Waals surface area contributed by atoms with Gasteiger partial charge in [-0.1, -0.05) is 12.1 Å². The molecule has 4 unspecified atom stereocenters. The molecule has 6 atom stereocenters. The van der Waals surface area contributed by atoms with Crippen molar-refractivity contribution in [1.82, 2.24) is 0 Å². The maximum absolute atomic E-state index is 13.6. The number of ketones is 3. The number of phenolic OH excluding ortho intramolecular Hbond substituents is 2. The Labute approximate surface area is 282 Å². The number of fused-ring (bicyclic) bond motifs is 3. The average molecular weight is 782 g/mol. The second-order valence-corrected chi connectivity index (χ2v) is 10.2. The molecular formula is C27H29GdNO12Zn. The molecule has 2 aromatic rings. The van der Waals surface area contributed by atoms with Crippen LogP contribution in [0.25, 0.3) is 0 Å². The number of ether oxygens (including phenoxy) is 3. The van der Waals surface area contributed by atoms with Crippen LogP contribution in [-0.4, -0.2) is 86.7 Å². The summed E-state index contributed by atoms with van der Waals surface area (Å²) in [5, 5.41) is 53.7. The number of nitrogens with two attached hydrogens (primary N) is 1. The Morgan fingerprint density at radius 1 is 1.14 bits per heavy atom. The minimum atomic E-state index is -2.24. The predicted octanol–water partition coefficient (Wildman–Crippen LogP) is -0.120. The number of aliphatic hydroxyl groups excluding tert-OH is 2. The van der Waals surface area contributed by atoms with E-state index in [0.29, 0.717) is 0 Å². The first kappa shape index (κ1) is 34.8. The zero-order valence-corrected chi connectivity index (χ0v) is 27.9. The molecule has 7 N–H and O–H groups in total. The molecule has 0 spiro atoms. The van der Waals surface area contributed by atoms with Gasteiger partial charge in [-0.2, -0.15) is 0 Å². The number of phenols is 2. The molecule has 5 rings (SSSR count). The van der Waals surface area contributed by atoms with Gasteiger partial charge in [0.05, 0.1) is 42.1 Å². The summed E-state index contributed by atoms with van der Waals surface area (Å²) in [7, 11) is 1.32. The van der Waals surface area contributed by atoms with Crippen LogP contribution in [0.15, 0.2) is 18.2 Å². The molecule has 0 bridgehead atoms. The first-order chi connectivity index (χ1) is 19.4. The summed E-state index contributed by atoms with van der Waals surface area (Å²) in [5.41, 5.74) is 2.37. The number of Topliss-reactive ketones (excluding diaryl/α,β-unsaturated/α-hetero) is 1. The fraction of sp³-hybridized carbons (Fsp3) is 0.444. The molecule has 224 valence electrons. The molecule has 1 aliphatic heterocycles. The van der Waals surface area contributed by atoms with Crippen molar-refractivity contribution in [2.75, 3.05) is 13.7 Å². The molecule has 1 heterocycles. The summed E-state index contributed by atoms with van der Waals surface area (Å²) in [5.74, 6) is -3.77. The molecule has 0 aromatic heterocycles. The van der Waals surface area contributed by atoms with Crippen molar-refractivity contribution in [3.05, 3.63) is 51.6 Å². The summed E-state index contributed by atoms with van der Waals surface area (Å²) in [6.45, 7) is 0.560. The molecule has 3 aliphatic rings. The molecular weight excluding hydrogens is 753 g/mol. The van der Waals surface area contributed by atoms with E-state index in [-0.39, 0.29) is 92.6 Å². The topological polar surface area (TPSA) is 223 Å². The van der Waals surface area contributed by atoms with Crippen molar-refractivity contribution < 1.29 is 116 Å². The Bertz CT molecular complexity index is 1410. The number of methoxy groups -OCH3 is 1. The molecule has 0 radical (unpaired) electrons. The summed E-state index contributed by atoms with van der Waals surface area (Å²) < 4.78 is 25.4. The number of carbonyl (C=O) groups excluding carboxylic acids is 3. The van der Waals surface area contributed by atoms with Crippen LogP contribution in [0, 0.1) is 39.9 Å². The number of aliphatic hydroxyl groups is 3. The fourth-order valence-electron chi connectivity index (χ4n) is 5.75. The van der Waals surface area contributed by atoms with Gasteiger partial charge < -0.3 is 45.5 Å². The molecule has 0 amide bonds. The van der Waals surface area contributed by atoms with Crippen LogP contribution in [0.3, 0.4) is 0 Å². The van der Waals surface area contributed by atoms with Crippen molar-refractivity contribution >= 4 is 17.3 Å². The summed E-state index contributed by atoms with van der Waals surface area (Å²) in [6, 6.07) is 3.64. The van der Waals surface area contributed by atoms with E-state index in [1.165, 1.54) is 25.3 Å². The maximum atomic E-state index is 13.6. The van der Waals surface area contributed by atoms with Crippen LogP contribution in [0.5, 0.6) is 17.2 Å². The zero-order valence-electron chi connectivity index (χ0n) is 22.7.